The van der Waals surface area contributed by atoms with E-state index in [2.05, 4.69) is 5.32 Å². The highest BCUT2D eigenvalue weighted by Gasteiger charge is 2.22. The lowest BCUT2D eigenvalue weighted by Crippen LogP contribution is -2.52. The molecule has 5 heteroatoms. The minimum Gasteiger partial charge on any atom is -0.345 e. The van der Waals surface area contributed by atoms with Gasteiger partial charge in [-0.25, -0.2) is 0 Å². The predicted octanol–water partition coefficient (Wildman–Crippen LogP) is 0.0226. The molecule has 0 aromatic carbocycles. The average molecular weight is 207 g/mol. The van der Waals surface area contributed by atoms with Crippen LogP contribution in [0.4, 0.5) is 0 Å². The lowest BCUT2D eigenvalue weighted by molar-refractivity contribution is -0.140. The van der Waals surface area contributed by atoms with Crippen LogP contribution in [0.25, 0.3) is 0 Å². The molecule has 1 fully saturated rings. The highest BCUT2D eigenvalue weighted by Crippen LogP contribution is 2.01. The molecule has 2 amide bonds. The Morgan fingerprint density at radius 2 is 2.08 bits per heavy atom. The van der Waals surface area contributed by atoms with E-state index in [0.717, 1.165) is 0 Å². The number of halogens is 1. The van der Waals surface area contributed by atoms with Gasteiger partial charge < -0.3 is 10.2 Å². The molecule has 1 saturated heterocycles. The van der Waals surface area contributed by atoms with Gasteiger partial charge in [0.1, 0.15) is 0 Å². The van der Waals surface area contributed by atoms with Crippen molar-refractivity contribution in [2.24, 2.45) is 5.92 Å². The molecule has 0 spiro atoms. The normalized spacial score (nSPS) is 17.0. The Hall–Kier alpha value is -0.770. The summed E-state index contributed by atoms with van der Waals surface area (Å²) in [5, 5.41) is 2.50. The first-order chi connectivity index (χ1) is 5.59. The molecule has 0 unspecified atom stereocenters. The lowest BCUT2D eigenvalue weighted by atomic mass is 10.2. The molecule has 1 aliphatic rings. The number of rotatable bonds is 2. The van der Waals surface area contributed by atoms with Gasteiger partial charge in [0.15, 0.2) is 0 Å². The van der Waals surface area contributed by atoms with Crippen LogP contribution in [0.1, 0.15) is 13.8 Å². The smallest absolute Gasteiger partial charge is 0.242 e. The van der Waals surface area contributed by atoms with Gasteiger partial charge in [-0.05, 0) is 5.92 Å². The summed E-state index contributed by atoms with van der Waals surface area (Å²) in [5.74, 6) is 0.374. The van der Waals surface area contributed by atoms with E-state index in [4.69, 9.17) is 0 Å². The number of amides is 2. The van der Waals surface area contributed by atoms with Crippen molar-refractivity contribution in [1.82, 2.24) is 10.2 Å². The number of nitrogens with zero attached hydrogens (tertiary/aromatic N) is 1. The van der Waals surface area contributed by atoms with Crippen molar-refractivity contribution in [3.8, 4) is 0 Å². The largest absolute Gasteiger partial charge is 0.345 e. The number of hydrogen-bond acceptors (Lipinski definition) is 2. The topological polar surface area (TPSA) is 49.4 Å². The minimum absolute atomic E-state index is 0. The molecule has 0 radical (unpaired) electrons. The van der Waals surface area contributed by atoms with Gasteiger partial charge >= 0.3 is 0 Å². The summed E-state index contributed by atoms with van der Waals surface area (Å²) in [6, 6.07) is 0. The van der Waals surface area contributed by atoms with E-state index in [0.29, 0.717) is 12.5 Å². The van der Waals surface area contributed by atoms with E-state index >= 15 is 0 Å². The fourth-order valence-corrected chi connectivity index (χ4v) is 1.21. The van der Waals surface area contributed by atoms with E-state index in [-0.39, 0.29) is 37.3 Å². The van der Waals surface area contributed by atoms with Crippen LogP contribution >= 0.6 is 12.4 Å². The van der Waals surface area contributed by atoms with E-state index in [1.54, 1.807) is 4.90 Å². The summed E-state index contributed by atoms with van der Waals surface area (Å²) in [4.78, 5) is 23.7. The van der Waals surface area contributed by atoms with Crippen molar-refractivity contribution in [3.63, 3.8) is 0 Å². The Balaban J connectivity index is 0.00000144. The Morgan fingerprint density at radius 3 is 2.62 bits per heavy atom. The SMILES string of the molecule is CC(C)CN1CC(=O)NCC1=O.Cl. The number of hydrogen-bond donors (Lipinski definition) is 1. The number of carbonyl (C=O) groups excluding carboxylic acids is 2. The second kappa shape index (κ2) is 5.07. The van der Waals surface area contributed by atoms with Crippen LogP contribution in [0.3, 0.4) is 0 Å². The van der Waals surface area contributed by atoms with Crippen LogP contribution in [-0.4, -0.2) is 36.3 Å². The maximum atomic E-state index is 11.2. The third-order valence-corrected chi connectivity index (χ3v) is 1.71. The van der Waals surface area contributed by atoms with Crippen LogP contribution in [0.5, 0.6) is 0 Å². The van der Waals surface area contributed by atoms with Crippen LogP contribution in [0.2, 0.25) is 0 Å². The molecule has 0 aromatic heterocycles. The standard InChI is InChI=1S/C8H14N2O2.ClH/c1-6(2)4-10-5-7(11)9-3-8(10)12;/h6H,3-5H2,1-2H3,(H,9,11);1H. The molecule has 0 saturated carbocycles. The van der Waals surface area contributed by atoms with E-state index in [1.807, 2.05) is 13.8 Å². The molecule has 0 aliphatic carbocycles. The van der Waals surface area contributed by atoms with Gasteiger partial charge in [0.2, 0.25) is 11.8 Å². The van der Waals surface area contributed by atoms with Crippen molar-refractivity contribution < 1.29 is 9.59 Å². The number of nitrogens with one attached hydrogen (secondary N) is 1. The lowest BCUT2D eigenvalue weighted by Gasteiger charge is -2.27. The Morgan fingerprint density at radius 1 is 1.46 bits per heavy atom. The van der Waals surface area contributed by atoms with E-state index < -0.39 is 0 Å². The molecule has 76 valence electrons. The van der Waals surface area contributed by atoms with Gasteiger partial charge in [-0.15, -0.1) is 12.4 Å². The van der Waals surface area contributed by atoms with Gasteiger partial charge in [0.25, 0.3) is 0 Å². The zero-order chi connectivity index (χ0) is 9.14. The Kier molecular flexibility index (Phi) is 4.77. The van der Waals surface area contributed by atoms with E-state index in [1.165, 1.54) is 0 Å². The maximum Gasteiger partial charge on any atom is 0.242 e. The van der Waals surface area contributed by atoms with Gasteiger partial charge in [-0.2, -0.15) is 0 Å². The van der Waals surface area contributed by atoms with E-state index in [9.17, 15) is 9.59 Å². The monoisotopic (exact) mass is 206 g/mol. The quantitative estimate of drug-likeness (QED) is 0.693. The van der Waals surface area contributed by atoms with Crippen LogP contribution < -0.4 is 5.32 Å². The summed E-state index contributed by atoms with van der Waals surface area (Å²) >= 11 is 0. The molecule has 1 rings (SSSR count). The molecule has 1 N–H and O–H groups in total. The molecular weight excluding hydrogens is 192 g/mol. The zero-order valence-electron chi connectivity index (χ0n) is 7.87. The number of carbonyl (C=O) groups is 2. The van der Waals surface area contributed by atoms with Gasteiger partial charge in [0.05, 0.1) is 13.1 Å². The summed E-state index contributed by atoms with van der Waals surface area (Å²) in [6.07, 6.45) is 0. The first-order valence-electron chi connectivity index (χ1n) is 4.14. The molecule has 0 bridgehead atoms. The summed E-state index contributed by atoms with van der Waals surface area (Å²) in [6.45, 7) is 5.11. The molecule has 0 aromatic rings. The van der Waals surface area contributed by atoms with Crippen molar-refractivity contribution in [3.05, 3.63) is 0 Å². The highest BCUT2D eigenvalue weighted by molar-refractivity contribution is 5.92. The van der Waals surface area contributed by atoms with Crippen molar-refractivity contribution >= 4 is 24.2 Å². The Bertz CT molecular complexity index is 206. The number of piperazine rings is 1. The Labute approximate surface area is 84.1 Å². The van der Waals surface area contributed by atoms with Crippen LogP contribution in [0.15, 0.2) is 0 Å². The summed E-state index contributed by atoms with van der Waals surface area (Å²) in [5.41, 5.74) is 0. The van der Waals surface area contributed by atoms with Crippen LogP contribution in [0, 0.1) is 5.92 Å². The van der Waals surface area contributed by atoms with Crippen molar-refractivity contribution in [2.75, 3.05) is 19.6 Å². The third-order valence-electron chi connectivity index (χ3n) is 1.71. The van der Waals surface area contributed by atoms with Crippen LogP contribution in [-0.2, 0) is 9.59 Å². The molecular formula is C8H15ClN2O2. The molecule has 0 atom stereocenters. The first-order valence-corrected chi connectivity index (χ1v) is 4.14. The van der Waals surface area contributed by atoms with Crippen molar-refractivity contribution in [2.45, 2.75) is 13.8 Å². The van der Waals surface area contributed by atoms with Gasteiger partial charge in [-0.1, -0.05) is 13.8 Å². The predicted molar refractivity (Wildman–Crippen MR) is 51.7 cm³/mol. The fourth-order valence-electron chi connectivity index (χ4n) is 1.21. The third kappa shape index (κ3) is 3.63. The zero-order valence-corrected chi connectivity index (χ0v) is 8.69. The second-order valence-electron chi connectivity index (χ2n) is 3.44. The fraction of sp³-hybridized carbons (Fsp3) is 0.750. The average Bonchev–Trinajstić information content (AvgIpc) is 1.96. The maximum absolute atomic E-state index is 11.2. The summed E-state index contributed by atoms with van der Waals surface area (Å²) in [7, 11) is 0. The van der Waals surface area contributed by atoms with Gasteiger partial charge in [0, 0.05) is 6.54 Å². The molecule has 13 heavy (non-hydrogen) atoms. The van der Waals surface area contributed by atoms with Crippen molar-refractivity contribution in [1.29, 1.82) is 0 Å². The summed E-state index contributed by atoms with van der Waals surface area (Å²) < 4.78 is 0. The minimum atomic E-state index is -0.0600. The van der Waals surface area contributed by atoms with Gasteiger partial charge in [-0.3, -0.25) is 9.59 Å². The first kappa shape index (κ1) is 12.2. The second-order valence-corrected chi connectivity index (χ2v) is 3.44. The molecule has 1 aliphatic heterocycles. The molecule has 4 nitrogen and oxygen atoms in total. The highest BCUT2D eigenvalue weighted by atomic mass is 35.5. The molecule has 1 heterocycles.